The van der Waals surface area contributed by atoms with Crippen LogP contribution in [0.1, 0.15) is 20.3 Å². The molecule has 62 valence electrons. The maximum atomic E-state index is 5.43. The number of ether oxygens (including phenoxy) is 1. The average molecular weight is 166 g/mol. The van der Waals surface area contributed by atoms with Crippen LogP contribution < -0.4 is 5.32 Å². The molecule has 0 bridgehead atoms. The van der Waals surface area contributed by atoms with E-state index in [9.17, 15) is 0 Å². The summed E-state index contributed by atoms with van der Waals surface area (Å²) in [6, 6.07) is 0. The standard InChI is InChI=1S/C7H15NO.ClH/c1-3-7-8-4-6(2)5-9-7;/h6-8H,3-5H2,1-2H3;1H. The van der Waals surface area contributed by atoms with E-state index in [-0.39, 0.29) is 12.4 Å². The first kappa shape index (κ1) is 10.2. The van der Waals surface area contributed by atoms with Gasteiger partial charge in [-0.05, 0) is 12.3 Å². The number of nitrogens with one attached hydrogen (secondary N) is 1. The molecule has 0 saturated carbocycles. The second-order valence-corrected chi connectivity index (χ2v) is 2.74. The Kier molecular flexibility index (Phi) is 5.04. The van der Waals surface area contributed by atoms with E-state index in [1.807, 2.05) is 0 Å². The normalized spacial score (nSPS) is 33.0. The van der Waals surface area contributed by atoms with Gasteiger partial charge in [-0.2, -0.15) is 0 Å². The summed E-state index contributed by atoms with van der Waals surface area (Å²) < 4.78 is 5.43. The fourth-order valence-electron chi connectivity index (χ4n) is 0.993. The van der Waals surface area contributed by atoms with E-state index in [2.05, 4.69) is 19.2 Å². The minimum atomic E-state index is 0. The van der Waals surface area contributed by atoms with Crippen LogP contribution in [0.15, 0.2) is 0 Å². The zero-order valence-corrected chi connectivity index (χ0v) is 7.41. The molecule has 0 spiro atoms. The van der Waals surface area contributed by atoms with Crippen LogP contribution in [0.2, 0.25) is 0 Å². The summed E-state index contributed by atoms with van der Waals surface area (Å²) in [6.45, 7) is 6.36. The fourth-order valence-corrected chi connectivity index (χ4v) is 0.993. The van der Waals surface area contributed by atoms with E-state index in [1.165, 1.54) is 0 Å². The smallest absolute Gasteiger partial charge is 0.107 e. The predicted octanol–water partition coefficient (Wildman–Crippen LogP) is 1.40. The molecule has 2 nitrogen and oxygen atoms in total. The van der Waals surface area contributed by atoms with Gasteiger partial charge < -0.3 is 4.74 Å². The highest BCUT2D eigenvalue weighted by Gasteiger charge is 2.14. The van der Waals surface area contributed by atoms with Crippen molar-refractivity contribution in [2.75, 3.05) is 13.2 Å². The Hall–Kier alpha value is 0.210. The quantitative estimate of drug-likeness (QED) is 0.635. The molecule has 1 rings (SSSR count). The Bertz CT molecular complexity index is 81.7. The molecule has 1 aliphatic heterocycles. The molecule has 1 N–H and O–H groups in total. The van der Waals surface area contributed by atoms with Crippen LogP contribution in [0, 0.1) is 5.92 Å². The summed E-state index contributed by atoms with van der Waals surface area (Å²) in [4.78, 5) is 0. The van der Waals surface area contributed by atoms with E-state index in [0.717, 1.165) is 19.6 Å². The molecule has 0 aromatic rings. The van der Waals surface area contributed by atoms with Crippen LogP contribution in [0.5, 0.6) is 0 Å². The van der Waals surface area contributed by atoms with Crippen LogP contribution in [0.25, 0.3) is 0 Å². The van der Waals surface area contributed by atoms with E-state index < -0.39 is 0 Å². The Morgan fingerprint density at radius 1 is 1.60 bits per heavy atom. The van der Waals surface area contributed by atoms with Gasteiger partial charge in [-0.1, -0.05) is 13.8 Å². The van der Waals surface area contributed by atoms with Gasteiger partial charge in [0.15, 0.2) is 0 Å². The lowest BCUT2D eigenvalue weighted by atomic mass is 10.1. The van der Waals surface area contributed by atoms with Gasteiger partial charge in [0.2, 0.25) is 0 Å². The first-order valence-electron chi connectivity index (χ1n) is 3.68. The molecule has 0 aliphatic carbocycles. The molecule has 3 heteroatoms. The minimum absolute atomic E-state index is 0. The third kappa shape index (κ3) is 2.86. The highest BCUT2D eigenvalue weighted by molar-refractivity contribution is 5.85. The number of rotatable bonds is 1. The summed E-state index contributed by atoms with van der Waals surface area (Å²) >= 11 is 0. The largest absolute Gasteiger partial charge is 0.363 e. The first-order valence-corrected chi connectivity index (χ1v) is 3.68. The first-order chi connectivity index (χ1) is 4.33. The topological polar surface area (TPSA) is 21.3 Å². The van der Waals surface area contributed by atoms with Gasteiger partial charge in [-0.25, -0.2) is 0 Å². The van der Waals surface area contributed by atoms with Crippen molar-refractivity contribution in [3.8, 4) is 0 Å². The predicted molar refractivity (Wildman–Crippen MR) is 44.4 cm³/mol. The van der Waals surface area contributed by atoms with Crippen LogP contribution in [0.3, 0.4) is 0 Å². The van der Waals surface area contributed by atoms with E-state index in [1.54, 1.807) is 0 Å². The zero-order valence-electron chi connectivity index (χ0n) is 6.59. The van der Waals surface area contributed by atoms with Gasteiger partial charge in [-0.3, -0.25) is 5.32 Å². The highest BCUT2D eigenvalue weighted by Crippen LogP contribution is 2.05. The Morgan fingerprint density at radius 2 is 2.30 bits per heavy atom. The van der Waals surface area contributed by atoms with Crippen molar-refractivity contribution in [2.45, 2.75) is 26.5 Å². The van der Waals surface area contributed by atoms with E-state index in [0.29, 0.717) is 12.1 Å². The lowest BCUT2D eigenvalue weighted by Crippen LogP contribution is -2.41. The lowest BCUT2D eigenvalue weighted by molar-refractivity contribution is -0.0250. The third-order valence-electron chi connectivity index (χ3n) is 1.65. The van der Waals surface area contributed by atoms with Crippen molar-refractivity contribution < 1.29 is 4.74 Å². The van der Waals surface area contributed by atoms with Crippen molar-refractivity contribution >= 4 is 12.4 Å². The second-order valence-electron chi connectivity index (χ2n) is 2.74. The summed E-state index contributed by atoms with van der Waals surface area (Å²) in [5, 5.41) is 3.30. The van der Waals surface area contributed by atoms with Gasteiger partial charge in [0.05, 0.1) is 6.61 Å². The van der Waals surface area contributed by atoms with Gasteiger partial charge >= 0.3 is 0 Å². The number of hydrogen-bond donors (Lipinski definition) is 1. The van der Waals surface area contributed by atoms with Gasteiger partial charge in [0, 0.05) is 6.54 Å². The SMILES string of the molecule is CCC1NCC(C)CO1.Cl. The summed E-state index contributed by atoms with van der Waals surface area (Å²) in [5.41, 5.74) is 0. The highest BCUT2D eigenvalue weighted by atomic mass is 35.5. The van der Waals surface area contributed by atoms with Crippen LogP contribution in [-0.4, -0.2) is 19.4 Å². The maximum Gasteiger partial charge on any atom is 0.107 e. The van der Waals surface area contributed by atoms with Crippen molar-refractivity contribution in [2.24, 2.45) is 5.92 Å². The molecule has 0 amide bonds. The Balaban J connectivity index is 0.000000810. The second kappa shape index (κ2) is 4.94. The molecule has 2 unspecified atom stereocenters. The molecule has 2 atom stereocenters. The molecular weight excluding hydrogens is 150 g/mol. The average Bonchev–Trinajstić information content (AvgIpc) is 1.90. The van der Waals surface area contributed by atoms with Gasteiger partial charge in [0.25, 0.3) is 0 Å². The zero-order chi connectivity index (χ0) is 6.69. The molecule has 1 saturated heterocycles. The van der Waals surface area contributed by atoms with Crippen molar-refractivity contribution in [1.29, 1.82) is 0 Å². The molecule has 0 radical (unpaired) electrons. The molecule has 1 aliphatic rings. The lowest BCUT2D eigenvalue weighted by Gasteiger charge is -2.27. The molecule has 1 heterocycles. The van der Waals surface area contributed by atoms with Crippen LogP contribution in [-0.2, 0) is 4.74 Å². The molecule has 1 fully saturated rings. The molecule has 0 aromatic heterocycles. The van der Waals surface area contributed by atoms with Crippen molar-refractivity contribution in [3.63, 3.8) is 0 Å². The Morgan fingerprint density at radius 3 is 2.70 bits per heavy atom. The monoisotopic (exact) mass is 165 g/mol. The Labute approximate surface area is 68.7 Å². The fraction of sp³-hybridized carbons (Fsp3) is 1.00. The third-order valence-corrected chi connectivity index (χ3v) is 1.65. The summed E-state index contributed by atoms with van der Waals surface area (Å²) in [7, 11) is 0. The molecular formula is C7H16ClNO. The molecule has 0 aromatic carbocycles. The summed E-state index contributed by atoms with van der Waals surface area (Å²) in [6.07, 6.45) is 1.40. The maximum absolute atomic E-state index is 5.43. The minimum Gasteiger partial charge on any atom is -0.363 e. The van der Waals surface area contributed by atoms with E-state index >= 15 is 0 Å². The van der Waals surface area contributed by atoms with Gasteiger partial charge in [-0.15, -0.1) is 12.4 Å². The number of halogens is 1. The number of hydrogen-bond acceptors (Lipinski definition) is 2. The molecule has 10 heavy (non-hydrogen) atoms. The van der Waals surface area contributed by atoms with Crippen molar-refractivity contribution in [3.05, 3.63) is 0 Å². The van der Waals surface area contributed by atoms with Gasteiger partial charge in [0.1, 0.15) is 6.23 Å². The van der Waals surface area contributed by atoms with E-state index in [4.69, 9.17) is 4.74 Å². The van der Waals surface area contributed by atoms with Crippen LogP contribution >= 0.6 is 12.4 Å². The van der Waals surface area contributed by atoms with Crippen molar-refractivity contribution in [1.82, 2.24) is 5.32 Å². The van der Waals surface area contributed by atoms with Crippen LogP contribution in [0.4, 0.5) is 0 Å². The summed E-state index contributed by atoms with van der Waals surface area (Å²) in [5.74, 6) is 0.688.